The molecule has 2 aromatic rings. The van der Waals surface area contributed by atoms with E-state index in [0.717, 1.165) is 11.1 Å². The van der Waals surface area contributed by atoms with E-state index in [2.05, 4.69) is 29.6 Å². The van der Waals surface area contributed by atoms with Gasteiger partial charge in [0.2, 0.25) is 5.91 Å². The standard InChI is InChI=1S/C17H20N2OS/c1-12(14-6-8-16(21-2)9-7-14)19-17(20)11-13-4-3-5-15(18)10-13/h3-10,12H,11,18H2,1-2H3,(H,19,20). The van der Waals surface area contributed by atoms with E-state index in [1.54, 1.807) is 11.8 Å². The largest absolute Gasteiger partial charge is 0.399 e. The maximum absolute atomic E-state index is 12.1. The van der Waals surface area contributed by atoms with E-state index in [1.807, 2.05) is 37.4 Å². The number of hydrogen-bond acceptors (Lipinski definition) is 3. The molecule has 3 N–H and O–H groups in total. The Balaban J connectivity index is 1.95. The van der Waals surface area contributed by atoms with Crippen molar-refractivity contribution in [2.24, 2.45) is 0 Å². The van der Waals surface area contributed by atoms with E-state index < -0.39 is 0 Å². The molecular weight excluding hydrogens is 280 g/mol. The number of hydrogen-bond donors (Lipinski definition) is 2. The molecule has 0 aliphatic heterocycles. The van der Waals surface area contributed by atoms with Gasteiger partial charge in [0.05, 0.1) is 12.5 Å². The fourth-order valence-corrected chi connectivity index (χ4v) is 2.57. The van der Waals surface area contributed by atoms with E-state index in [4.69, 9.17) is 5.73 Å². The van der Waals surface area contributed by atoms with Gasteiger partial charge in [-0.05, 0) is 48.6 Å². The van der Waals surface area contributed by atoms with E-state index in [1.165, 1.54) is 4.90 Å². The lowest BCUT2D eigenvalue weighted by Gasteiger charge is -2.15. The smallest absolute Gasteiger partial charge is 0.224 e. The third kappa shape index (κ3) is 4.53. The normalized spacial score (nSPS) is 11.9. The summed E-state index contributed by atoms with van der Waals surface area (Å²) in [6.45, 7) is 1.99. The molecule has 0 bridgehead atoms. The topological polar surface area (TPSA) is 55.1 Å². The Morgan fingerprint density at radius 2 is 1.95 bits per heavy atom. The molecule has 4 heteroatoms. The van der Waals surface area contributed by atoms with Crippen molar-refractivity contribution in [3.63, 3.8) is 0 Å². The number of nitrogens with two attached hydrogens (primary N) is 1. The van der Waals surface area contributed by atoms with Crippen LogP contribution in [0.15, 0.2) is 53.4 Å². The summed E-state index contributed by atoms with van der Waals surface area (Å²) < 4.78 is 0. The van der Waals surface area contributed by atoms with Crippen molar-refractivity contribution in [1.82, 2.24) is 5.32 Å². The summed E-state index contributed by atoms with van der Waals surface area (Å²) >= 11 is 1.71. The maximum Gasteiger partial charge on any atom is 0.224 e. The molecule has 0 fully saturated rings. The minimum absolute atomic E-state index is 0.00189. The van der Waals surface area contributed by atoms with Gasteiger partial charge in [0.15, 0.2) is 0 Å². The van der Waals surface area contributed by atoms with Crippen LogP contribution in [-0.4, -0.2) is 12.2 Å². The Morgan fingerprint density at radius 3 is 2.57 bits per heavy atom. The molecule has 0 saturated carbocycles. The SMILES string of the molecule is CSc1ccc(C(C)NC(=O)Cc2cccc(N)c2)cc1. The number of amides is 1. The summed E-state index contributed by atoms with van der Waals surface area (Å²) in [5, 5.41) is 3.02. The zero-order valence-corrected chi connectivity index (χ0v) is 13.1. The van der Waals surface area contributed by atoms with Gasteiger partial charge in [-0.3, -0.25) is 4.79 Å². The van der Waals surface area contributed by atoms with Crippen LogP contribution >= 0.6 is 11.8 Å². The highest BCUT2D eigenvalue weighted by molar-refractivity contribution is 7.98. The van der Waals surface area contributed by atoms with Gasteiger partial charge in [-0.15, -0.1) is 11.8 Å². The molecule has 110 valence electrons. The predicted molar refractivity (Wildman–Crippen MR) is 89.3 cm³/mol. The fraction of sp³-hybridized carbons (Fsp3) is 0.235. The van der Waals surface area contributed by atoms with Crippen LogP contribution in [0.5, 0.6) is 0 Å². The molecule has 0 aromatic heterocycles. The average molecular weight is 300 g/mol. The van der Waals surface area contributed by atoms with Crippen molar-refractivity contribution < 1.29 is 4.79 Å². The Hall–Kier alpha value is -1.94. The molecule has 1 unspecified atom stereocenters. The van der Waals surface area contributed by atoms with Crippen molar-refractivity contribution in [3.8, 4) is 0 Å². The number of carbonyl (C=O) groups is 1. The van der Waals surface area contributed by atoms with Crippen LogP contribution in [0.2, 0.25) is 0 Å². The summed E-state index contributed by atoms with van der Waals surface area (Å²) in [7, 11) is 0. The number of rotatable bonds is 5. The predicted octanol–water partition coefficient (Wildman–Crippen LogP) is 3.41. The van der Waals surface area contributed by atoms with Crippen molar-refractivity contribution in [2.45, 2.75) is 24.3 Å². The third-order valence-corrected chi connectivity index (χ3v) is 4.05. The Bertz CT molecular complexity index is 610. The average Bonchev–Trinajstić information content (AvgIpc) is 2.47. The molecule has 0 radical (unpaired) electrons. The van der Waals surface area contributed by atoms with Gasteiger partial charge in [-0.1, -0.05) is 24.3 Å². The van der Waals surface area contributed by atoms with Crippen LogP contribution < -0.4 is 11.1 Å². The second-order valence-electron chi connectivity index (χ2n) is 4.98. The second-order valence-corrected chi connectivity index (χ2v) is 5.86. The van der Waals surface area contributed by atoms with Crippen LogP contribution in [0.3, 0.4) is 0 Å². The van der Waals surface area contributed by atoms with E-state index >= 15 is 0 Å². The first-order valence-electron chi connectivity index (χ1n) is 6.86. The first kappa shape index (κ1) is 15.4. The number of thioether (sulfide) groups is 1. The highest BCUT2D eigenvalue weighted by atomic mass is 32.2. The highest BCUT2D eigenvalue weighted by Crippen LogP contribution is 2.19. The van der Waals surface area contributed by atoms with Crippen LogP contribution in [0.25, 0.3) is 0 Å². The van der Waals surface area contributed by atoms with E-state index in [9.17, 15) is 4.79 Å². The molecule has 0 heterocycles. The Morgan fingerprint density at radius 1 is 1.24 bits per heavy atom. The van der Waals surface area contributed by atoms with Crippen molar-refractivity contribution in [1.29, 1.82) is 0 Å². The molecular formula is C17H20N2OS. The van der Waals surface area contributed by atoms with Crippen molar-refractivity contribution in [2.75, 3.05) is 12.0 Å². The molecule has 0 aliphatic rings. The lowest BCUT2D eigenvalue weighted by molar-refractivity contribution is -0.121. The Labute approximate surface area is 129 Å². The van der Waals surface area contributed by atoms with Gasteiger partial charge in [0, 0.05) is 10.6 Å². The lowest BCUT2D eigenvalue weighted by Crippen LogP contribution is -2.28. The molecule has 1 amide bonds. The minimum Gasteiger partial charge on any atom is -0.399 e. The number of nitrogen functional groups attached to an aromatic ring is 1. The first-order valence-corrected chi connectivity index (χ1v) is 8.08. The van der Waals surface area contributed by atoms with Gasteiger partial charge in [-0.25, -0.2) is 0 Å². The zero-order chi connectivity index (χ0) is 15.2. The van der Waals surface area contributed by atoms with Crippen LogP contribution in [0, 0.1) is 0 Å². The molecule has 0 spiro atoms. The first-order chi connectivity index (χ1) is 10.1. The fourth-order valence-electron chi connectivity index (χ4n) is 2.16. The van der Waals surface area contributed by atoms with Crippen molar-refractivity contribution in [3.05, 3.63) is 59.7 Å². The molecule has 0 aliphatic carbocycles. The maximum atomic E-state index is 12.1. The van der Waals surface area contributed by atoms with Gasteiger partial charge < -0.3 is 11.1 Å². The second kappa shape index (κ2) is 7.18. The number of nitrogens with one attached hydrogen (secondary N) is 1. The lowest BCUT2D eigenvalue weighted by atomic mass is 10.1. The van der Waals surface area contributed by atoms with Gasteiger partial charge in [-0.2, -0.15) is 0 Å². The summed E-state index contributed by atoms with van der Waals surface area (Å²) in [6.07, 6.45) is 2.39. The summed E-state index contributed by atoms with van der Waals surface area (Å²) in [5.41, 5.74) is 8.44. The highest BCUT2D eigenvalue weighted by Gasteiger charge is 2.10. The van der Waals surface area contributed by atoms with Gasteiger partial charge in [0.25, 0.3) is 0 Å². The van der Waals surface area contributed by atoms with E-state index in [0.29, 0.717) is 12.1 Å². The molecule has 2 rings (SSSR count). The minimum atomic E-state index is -0.00512. The Kier molecular flexibility index (Phi) is 5.28. The quantitative estimate of drug-likeness (QED) is 0.657. The summed E-state index contributed by atoms with van der Waals surface area (Å²) in [4.78, 5) is 13.3. The van der Waals surface area contributed by atoms with Crippen LogP contribution in [0.1, 0.15) is 24.1 Å². The number of carbonyl (C=O) groups excluding carboxylic acids is 1. The van der Waals surface area contributed by atoms with Gasteiger partial charge >= 0.3 is 0 Å². The van der Waals surface area contributed by atoms with Crippen LogP contribution in [0.4, 0.5) is 5.69 Å². The van der Waals surface area contributed by atoms with Crippen LogP contribution in [-0.2, 0) is 11.2 Å². The van der Waals surface area contributed by atoms with Crippen molar-refractivity contribution >= 4 is 23.4 Å². The third-order valence-electron chi connectivity index (χ3n) is 3.31. The monoisotopic (exact) mass is 300 g/mol. The molecule has 1 atom stereocenters. The molecule has 2 aromatic carbocycles. The number of anilines is 1. The number of benzene rings is 2. The van der Waals surface area contributed by atoms with Gasteiger partial charge in [0.1, 0.15) is 0 Å². The zero-order valence-electron chi connectivity index (χ0n) is 12.3. The molecule has 0 saturated heterocycles. The summed E-state index contributed by atoms with van der Waals surface area (Å²) in [6, 6.07) is 15.7. The van der Waals surface area contributed by atoms with E-state index in [-0.39, 0.29) is 11.9 Å². The molecule has 21 heavy (non-hydrogen) atoms. The molecule has 3 nitrogen and oxygen atoms in total. The summed E-state index contributed by atoms with van der Waals surface area (Å²) in [5.74, 6) is 0.00189.